The average Bonchev–Trinajstić information content (AvgIpc) is 3.11. The number of nitrogens with zero attached hydrogens (tertiary/aromatic N) is 2. The summed E-state index contributed by atoms with van der Waals surface area (Å²) < 4.78 is 6.73. The predicted molar refractivity (Wildman–Crippen MR) is 100 cm³/mol. The highest BCUT2D eigenvalue weighted by atomic mass is 16.5. The molecule has 0 saturated heterocycles. The first kappa shape index (κ1) is 17.0. The lowest BCUT2D eigenvalue weighted by Crippen LogP contribution is -2.22. The topological polar surface area (TPSA) is 67.3 Å². The Hall–Kier alpha value is -2.86. The molecule has 0 aliphatic rings. The maximum Gasteiger partial charge on any atom is 0.274 e. The molecule has 0 spiro atoms. The van der Waals surface area contributed by atoms with Gasteiger partial charge in [-0.2, -0.15) is 0 Å². The van der Waals surface area contributed by atoms with Crippen molar-refractivity contribution in [2.45, 2.75) is 6.54 Å². The van der Waals surface area contributed by atoms with Crippen LogP contribution in [0.4, 0.5) is 0 Å². The third-order valence-corrected chi connectivity index (χ3v) is 4.16. The molecule has 0 bridgehead atoms. The van der Waals surface area contributed by atoms with Gasteiger partial charge in [-0.05, 0) is 23.8 Å². The van der Waals surface area contributed by atoms with Gasteiger partial charge in [-0.3, -0.25) is 9.59 Å². The van der Waals surface area contributed by atoms with E-state index in [4.69, 9.17) is 4.74 Å². The van der Waals surface area contributed by atoms with Gasteiger partial charge in [-0.25, -0.2) is 0 Å². The van der Waals surface area contributed by atoms with Gasteiger partial charge in [-0.15, -0.1) is 0 Å². The van der Waals surface area contributed by atoms with E-state index in [0.717, 1.165) is 16.5 Å². The molecule has 0 fully saturated rings. The van der Waals surface area contributed by atoms with E-state index in [1.54, 1.807) is 42.9 Å². The Balaban J connectivity index is 0.00000243. The first-order valence-electron chi connectivity index (χ1n) is 8.04. The number of nitrogens with one attached hydrogen (secondary N) is 1. The van der Waals surface area contributed by atoms with Crippen molar-refractivity contribution in [2.75, 3.05) is 27.8 Å². The molecule has 0 saturated carbocycles. The van der Waals surface area contributed by atoms with Crippen molar-refractivity contribution in [3.63, 3.8) is 0 Å². The van der Waals surface area contributed by atoms with Crippen LogP contribution in [0.25, 0.3) is 22.0 Å². The van der Waals surface area contributed by atoms with Gasteiger partial charge in [0.1, 0.15) is 5.52 Å². The molecular weight excluding hydrogens is 318 g/mol. The predicted octanol–water partition coefficient (Wildman–Crippen LogP) is 2.59. The highest BCUT2D eigenvalue weighted by Gasteiger charge is 2.14. The van der Waals surface area contributed by atoms with Crippen LogP contribution in [-0.2, 0) is 11.3 Å². The van der Waals surface area contributed by atoms with E-state index < -0.39 is 0 Å². The van der Waals surface area contributed by atoms with E-state index in [1.165, 1.54) is 0 Å². The number of fused-ring (bicyclic) bond motifs is 1. The summed E-state index contributed by atoms with van der Waals surface area (Å²) in [4.78, 5) is 29.4. The van der Waals surface area contributed by atoms with E-state index >= 15 is 0 Å². The zero-order valence-electron chi connectivity index (χ0n) is 14.6. The third kappa shape index (κ3) is 3.21. The maximum atomic E-state index is 12.6. The number of carbonyl (C=O) groups is 1. The number of hydrogen-bond acceptors (Lipinski definition) is 3. The summed E-state index contributed by atoms with van der Waals surface area (Å²) >= 11 is 0. The van der Waals surface area contributed by atoms with Gasteiger partial charge >= 0.3 is 0 Å². The van der Waals surface area contributed by atoms with Crippen LogP contribution in [0.3, 0.4) is 0 Å². The highest BCUT2D eigenvalue weighted by Crippen LogP contribution is 2.27. The highest BCUT2D eigenvalue weighted by molar-refractivity contribution is 5.98. The van der Waals surface area contributed by atoms with Crippen molar-refractivity contribution in [1.29, 1.82) is 0 Å². The van der Waals surface area contributed by atoms with E-state index in [0.29, 0.717) is 24.2 Å². The first-order valence-corrected chi connectivity index (χ1v) is 8.04. The van der Waals surface area contributed by atoms with Gasteiger partial charge in [-0.1, -0.05) is 12.1 Å². The van der Waals surface area contributed by atoms with Crippen LogP contribution < -0.4 is 5.56 Å². The van der Waals surface area contributed by atoms with Gasteiger partial charge in [0.2, 0.25) is 0 Å². The molecule has 0 radical (unpaired) electrons. The summed E-state index contributed by atoms with van der Waals surface area (Å²) in [5, 5.41) is 0.841. The number of rotatable bonds is 5. The molecule has 1 amide bonds. The number of amides is 1. The Bertz CT molecular complexity index is 976. The van der Waals surface area contributed by atoms with Gasteiger partial charge < -0.3 is 19.2 Å². The molecule has 0 aliphatic heterocycles. The molecule has 132 valence electrons. The van der Waals surface area contributed by atoms with Crippen LogP contribution >= 0.6 is 0 Å². The number of H-pyrrole nitrogens is 1. The number of methoxy groups -OCH3 is 1. The number of benzene rings is 1. The second-order valence-electron chi connectivity index (χ2n) is 6.08. The molecule has 25 heavy (non-hydrogen) atoms. The largest absolute Gasteiger partial charge is 0.383 e. The fourth-order valence-electron chi connectivity index (χ4n) is 2.86. The molecule has 0 unspecified atom stereocenters. The number of aromatic amines is 1. The summed E-state index contributed by atoms with van der Waals surface area (Å²) in [6, 6.07) is 9.33. The second kappa shape index (κ2) is 6.94. The number of aromatic nitrogens is 2. The quantitative estimate of drug-likeness (QED) is 0.776. The summed E-state index contributed by atoms with van der Waals surface area (Å²) in [5.41, 5.74) is 2.88. The smallest absolute Gasteiger partial charge is 0.274 e. The Morgan fingerprint density at radius 3 is 2.84 bits per heavy atom. The van der Waals surface area contributed by atoms with Crippen LogP contribution in [0.2, 0.25) is 0 Å². The molecule has 3 rings (SSSR count). The van der Waals surface area contributed by atoms with Crippen molar-refractivity contribution in [3.8, 4) is 11.1 Å². The minimum atomic E-state index is -0.0821. The fraction of sp³-hybridized carbons (Fsp3) is 0.263. The van der Waals surface area contributed by atoms with E-state index in [1.807, 2.05) is 30.5 Å². The SMILES string of the molecule is COCCn1cc(-c2cccc(C(=O)N(C)C)c2)c2cc[nH]c2c1=O.[HH]. The first-order chi connectivity index (χ1) is 12.0. The summed E-state index contributed by atoms with van der Waals surface area (Å²) in [5.74, 6) is -0.0557. The molecular formula is C19H23N3O3. The maximum absolute atomic E-state index is 12.6. The molecule has 0 aliphatic carbocycles. The Morgan fingerprint density at radius 1 is 1.32 bits per heavy atom. The number of pyridine rings is 1. The van der Waals surface area contributed by atoms with E-state index in [2.05, 4.69) is 4.98 Å². The van der Waals surface area contributed by atoms with E-state index in [9.17, 15) is 9.59 Å². The Labute approximate surface area is 147 Å². The molecule has 3 aromatic rings. The molecule has 2 heterocycles. The van der Waals surface area contributed by atoms with Crippen LogP contribution in [0, 0.1) is 0 Å². The van der Waals surface area contributed by atoms with Crippen molar-refractivity contribution in [1.82, 2.24) is 14.5 Å². The molecule has 1 N–H and O–H groups in total. The minimum Gasteiger partial charge on any atom is -0.383 e. The lowest BCUT2D eigenvalue weighted by Gasteiger charge is -2.13. The van der Waals surface area contributed by atoms with Crippen LogP contribution in [0.1, 0.15) is 11.8 Å². The summed E-state index contributed by atoms with van der Waals surface area (Å²) in [6.07, 6.45) is 3.59. The zero-order chi connectivity index (χ0) is 18.0. The van der Waals surface area contributed by atoms with Gasteiger partial charge in [0.05, 0.1) is 6.61 Å². The number of carbonyl (C=O) groups excluding carboxylic acids is 1. The average molecular weight is 341 g/mol. The molecule has 0 atom stereocenters. The second-order valence-corrected chi connectivity index (χ2v) is 6.08. The third-order valence-electron chi connectivity index (χ3n) is 4.16. The fourth-order valence-corrected chi connectivity index (χ4v) is 2.86. The molecule has 1 aromatic carbocycles. The lowest BCUT2D eigenvalue weighted by atomic mass is 10.0. The van der Waals surface area contributed by atoms with Crippen molar-refractivity contribution in [3.05, 3.63) is 58.6 Å². The minimum absolute atomic E-state index is 0. The van der Waals surface area contributed by atoms with Crippen LogP contribution in [0.15, 0.2) is 47.5 Å². The standard InChI is InChI=1S/C19H21N3O3.H2/c1-21(2)18(23)14-6-4-5-13(11-14)16-12-22(9-10-25-3)19(24)17-15(16)7-8-20-17;/h4-8,11-12,20H,9-10H2,1-3H3;1H. The monoisotopic (exact) mass is 341 g/mol. The van der Waals surface area contributed by atoms with Crippen molar-refractivity contribution in [2.24, 2.45) is 0 Å². The van der Waals surface area contributed by atoms with Crippen molar-refractivity contribution >= 4 is 16.8 Å². The van der Waals surface area contributed by atoms with Crippen LogP contribution in [-0.4, -0.2) is 48.2 Å². The lowest BCUT2D eigenvalue weighted by molar-refractivity contribution is 0.0827. The number of ether oxygens (including phenoxy) is 1. The van der Waals surface area contributed by atoms with E-state index in [-0.39, 0.29) is 12.9 Å². The van der Waals surface area contributed by atoms with Gasteiger partial charge in [0.15, 0.2) is 0 Å². The molecule has 6 nitrogen and oxygen atoms in total. The van der Waals surface area contributed by atoms with Crippen LogP contribution in [0.5, 0.6) is 0 Å². The zero-order valence-corrected chi connectivity index (χ0v) is 14.6. The summed E-state index contributed by atoms with van der Waals surface area (Å²) in [6.45, 7) is 0.915. The Kier molecular flexibility index (Phi) is 4.72. The normalized spacial score (nSPS) is 11.0. The van der Waals surface area contributed by atoms with Gasteiger partial charge in [0.25, 0.3) is 11.5 Å². The molecule has 6 heteroatoms. The van der Waals surface area contributed by atoms with Crippen molar-refractivity contribution < 1.29 is 11.0 Å². The molecule has 2 aromatic heterocycles. The summed E-state index contributed by atoms with van der Waals surface area (Å²) in [7, 11) is 5.06. The van der Waals surface area contributed by atoms with Gasteiger partial charge in [0, 0.05) is 58.1 Å². The number of hydrogen-bond donors (Lipinski definition) is 1. The Morgan fingerprint density at radius 2 is 2.12 bits per heavy atom.